The van der Waals surface area contributed by atoms with Crippen molar-refractivity contribution in [2.45, 2.75) is 39.6 Å². The number of nitrogens with two attached hydrogens (primary N) is 1. The Morgan fingerprint density at radius 2 is 1.74 bits per heavy atom. The second-order valence-corrected chi connectivity index (χ2v) is 8.93. The number of nitrogens with zero attached hydrogens (tertiary/aromatic N) is 1. The van der Waals surface area contributed by atoms with Crippen LogP contribution in [0.15, 0.2) is 42.5 Å². The van der Waals surface area contributed by atoms with Crippen molar-refractivity contribution in [1.82, 2.24) is 10.3 Å². The molecule has 1 heterocycles. The predicted molar refractivity (Wildman–Crippen MR) is 124 cm³/mol. The Balaban J connectivity index is 1.52. The third-order valence-corrected chi connectivity index (χ3v) is 6.07. The largest absolute Gasteiger partial charge is 0.573 e. The highest BCUT2D eigenvalue weighted by Gasteiger charge is 2.31. The third-order valence-electron chi connectivity index (χ3n) is 4.96. The van der Waals surface area contributed by atoms with E-state index >= 15 is 0 Å². The van der Waals surface area contributed by atoms with Gasteiger partial charge in [0.05, 0.1) is 6.54 Å². The Morgan fingerprint density at radius 1 is 1.06 bits per heavy atom. The molecule has 3 rings (SSSR count). The lowest BCUT2D eigenvalue weighted by Gasteiger charge is -2.10. The fourth-order valence-corrected chi connectivity index (χ4v) is 4.34. The highest BCUT2D eigenvalue weighted by Crippen LogP contribution is 2.25. The van der Waals surface area contributed by atoms with Gasteiger partial charge in [0.15, 0.2) is 6.61 Å². The number of ether oxygens (including phenoxy) is 2. The van der Waals surface area contributed by atoms with Crippen molar-refractivity contribution >= 4 is 23.2 Å². The first kappa shape index (κ1) is 26.0. The summed E-state index contributed by atoms with van der Waals surface area (Å²) < 4.78 is 45.7. The van der Waals surface area contributed by atoms with Gasteiger partial charge >= 0.3 is 6.36 Å². The van der Waals surface area contributed by atoms with Crippen LogP contribution in [0.1, 0.15) is 37.1 Å². The van der Waals surface area contributed by atoms with Crippen LogP contribution >= 0.6 is 11.3 Å². The van der Waals surface area contributed by atoms with E-state index in [1.807, 2.05) is 19.9 Å². The normalized spacial score (nSPS) is 11.2. The average molecular weight is 508 g/mol. The number of thiazole rings is 1. The molecule has 0 bridgehead atoms. The van der Waals surface area contributed by atoms with Gasteiger partial charge in [-0.05, 0) is 62.1 Å². The smallest absolute Gasteiger partial charge is 0.484 e. The zero-order valence-corrected chi connectivity index (χ0v) is 19.9. The van der Waals surface area contributed by atoms with Crippen molar-refractivity contribution in [3.05, 3.63) is 74.7 Å². The van der Waals surface area contributed by atoms with Crippen molar-refractivity contribution in [2.75, 3.05) is 6.61 Å². The molecule has 0 aliphatic heterocycles. The van der Waals surface area contributed by atoms with Crippen molar-refractivity contribution in [3.8, 4) is 11.5 Å². The molecule has 0 saturated carbocycles. The summed E-state index contributed by atoms with van der Waals surface area (Å²) in [5.74, 6) is -1.28. The minimum Gasteiger partial charge on any atom is -0.484 e. The summed E-state index contributed by atoms with van der Waals surface area (Å²) in [6.07, 6.45) is -3.47. The maximum atomic E-state index is 12.2. The van der Waals surface area contributed by atoms with Crippen molar-refractivity contribution in [1.29, 1.82) is 0 Å². The van der Waals surface area contributed by atoms with Gasteiger partial charge in [-0.1, -0.05) is 23.8 Å². The third kappa shape index (κ3) is 7.99. The van der Waals surface area contributed by atoms with Gasteiger partial charge in [-0.3, -0.25) is 9.59 Å². The maximum absolute atomic E-state index is 12.2. The molecule has 2 amide bonds. The standard InChI is InChI=1S/C24H24F3N3O4S/c1-14-3-4-16(15(2)11-14)5-10-19-22(23(28)32)30-21(35-19)12-29-20(31)13-33-17-6-8-18(9-7-17)34-24(25,26)27/h3-4,6-9,11H,5,10,12-13H2,1-2H3,(H2,28,32)(H,29,31). The van der Waals surface area contributed by atoms with Gasteiger partial charge < -0.3 is 20.5 Å². The molecule has 3 N–H and O–H groups in total. The molecule has 0 aliphatic carbocycles. The fraction of sp³-hybridized carbons (Fsp3) is 0.292. The van der Waals surface area contributed by atoms with Crippen LogP contribution in [-0.4, -0.2) is 29.8 Å². The summed E-state index contributed by atoms with van der Waals surface area (Å²) in [6, 6.07) is 10.9. The Morgan fingerprint density at radius 3 is 2.37 bits per heavy atom. The number of benzene rings is 2. The molecular weight excluding hydrogens is 483 g/mol. The number of carbonyl (C=O) groups excluding carboxylic acids is 2. The van der Waals surface area contributed by atoms with Crippen molar-refractivity contribution < 1.29 is 32.2 Å². The second-order valence-electron chi connectivity index (χ2n) is 7.76. The molecule has 0 aliphatic rings. The van der Waals surface area contributed by atoms with Gasteiger partial charge in [0, 0.05) is 4.88 Å². The van der Waals surface area contributed by atoms with E-state index in [2.05, 4.69) is 27.2 Å². The van der Waals surface area contributed by atoms with Gasteiger partial charge in [-0.25, -0.2) is 4.98 Å². The predicted octanol–water partition coefficient (Wildman–Crippen LogP) is 4.24. The van der Waals surface area contributed by atoms with Crippen LogP contribution in [0, 0.1) is 13.8 Å². The quantitative estimate of drug-likeness (QED) is 0.427. The number of primary amides is 1. The monoisotopic (exact) mass is 507 g/mol. The zero-order chi connectivity index (χ0) is 25.6. The van der Waals surface area contributed by atoms with Crippen LogP contribution in [0.2, 0.25) is 0 Å². The lowest BCUT2D eigenvalue weighted by Crippen LogP contribution is -2.28. The number of hydrogen-bond donors (Lipinski definition) is 2. The van der Waals surface area contributed by atoms with E-state index in [9.17, 15) is 22.8 Å². The SMILES string of the molecule is Cc1ccc(CCc2sc(CNC(=O)COc3ccc(OC(F)(F)F)cc3)nc2C(N)=O)c(C)c1. The molecule has 11 heteroatoms. The first-order valence-corrected chi connectivity index (χ1v) is 11.4. The fourth-order valence-electron chi connectivity index (χ4n) is 3.32. The Labute approximate surface area is 204 Å². The van der Waals surface area contributed by atoms with E-state index in [1.54, 1.807) is 0 Å². The number of nitrogens with one attached hydrogen (secondary N) is 1. The van der Waals surface area contributed by atoms with E-state index < -0.39 is 23.9 Å². The number of amides is 2. The van der Waals surface area contributed by atoms with Gasteiger partial charge in [-0.15, -0.1) is 24.5 Å². The number of hydrogen-bond acceptors (Lipinski definition) is 6. The maximum Gasteiger partial charge on any atom is 0.573 e. The minimum absolute atomic E-state index is 0.0784. The number of aryl methyl sites for hydroxylation is 4. The van der Waals surface area contributed by atoms with Gasteiger partial charge in [0.1, 0.15) is 22.2 Å². The number of carbonyl (C=O) groups is 2. The lowest BCUT2D eigenvalue weighted by molar-refractivity contribution is -0.274. The molecule has 2 aromatic carbocycles. The van der Waals surface area contributed by atoms with Crippen LogP contribution in [0.5, 0.6) is 11.5 Å². The molecule has 7 nitrogen and oxygen atoms in total. The Kier molecular flexibility index (Phi) is 8.34. The van der Waals surface area contributed by atoms with E-state index in [0.29, 0.717) is 11.4 Å². The summed E-state index contributed by atoms with van der Waals surface area (Å²) in [6.45, 7) is 3.79. The van der Waals surface area contributed by atoms with E-state index in [1.165, 1.54) is 40.2 Å². The molecule has 0 atom stereocenters. The number of halogens is 3. The zero-order valence-electron chi connectivity index (χ0n) is 19.1. The first-order chi connectivity index (χ1) is 16.5. The lowest BCUT2D eigenvalue weighted by atomic mass is 10.0. The van der Waals surface area contributed by atoms with Gasteiger partial charge in [0.25, 0.3) is 11.8 Å². The Hall–Kier alpha value is -3.60. The molecule has 0 saturated heterocycles. The summed E-state index contributed by atoms with van der Waals surface area (Å²) in [4.78, 5) is 29.0. The van der Waals surface area contributed by atoms with Crippen LogP contribution in [0.25, 0.3) is 0 Å². The summed E-state index contributed by atoms with van der Waals surface area (Å²) in [7, 11) is 0. The minimum atomic E-state index is -4.79. The van der Waals surface area contributed by atoms with E-state index in [-0.39, 0.29) is 24.6 Å². The van der Waals surface area contributed by atoms with Crippen molar-refractivity contribution in [3.63, 3.8) is 0 Å². The molecule has 186 valence electrons. The first-order valence-electron chi connectivity index (χ1n) is 10.6. The highest BCUT2D eigenvalue weighted by atomic mass is 32.1. The summed E-state index contributed by atoms with van der Waals surface area (Å²) in [5, 5.41) is 3.16. The highest BCUT2D eigenvalue weighted by molar-refractivity contribution is 7.11. The molecule has 0 radical (unpaired) electrons. The van der Waals surface area contributed by atoms with Crippen LogP contribution in [-0.2, 0) is 24.2 Å². The number of aromatic nitrogens is 1. The van der Waals surface area contributed by atoms with Gasteiger partial charge in [-0.2, -0.15) is 0 Å². The van der Waals surface area contributed by atoms with Crippen LogP contribution < -0.4 is 20.5 Å². The topological polar surface area (TPSA) is 104 Å². The van der Waals surface area contributed by atoms with Crippen LogP contribution in [0.3, 0.4) is 0 Å². The molecule has 0 unspecified atom stereocenters. The van der Waals surface area contributed by atoms with E-state index in [4.69, 9.17) is 10.5 Å². The molecule has 3 aromatic rings. The Bertz CT molecular complexity index is 1190. The number of alkyl halides is 3. The number of rotatable bonds is 10. The molecule has 0 fully saturated rings. The molecule has 0 spiro atoms. The summed E-state index contributed by atoms with van der Waals surface area (Å²) >= 11 is 1.31. The van der Waals surface area contributed by atoms with Crippen molar-refractivity contribution in [2.24, 2.45) is 5.73 Å². The van der Waals surface area contributed by atoms with E-state index in [0.717, 1.165) is 23.4 Å². The summed E-state index contributed by atoms with van der Waals surface area (Å²) in [5.41, 5.74) is 9.20. The molecular formula is C24H24F3N3O4S. The molecule has 35 heavy (non-hydrogen) atoms. The average Bonchev–Trinajstić information content (AvgIpc) is 3.19. The van der Waals surface area contributed by atoms with Crippen LogP contribution in [0.4, 0.5) is 13.2 Å². The van der Waals surface area contributed by atoms with Gasteiger partial charge in [0.2, 0.25) is 0 Å². The second kappa shape index (κ2) is 11.2. The molecule has 1 aromatic heterocycles.